The molecule has 0 saturated heterocycles. The largest absolute Gasteiger partial charge is 0.493 e. The zero-order chi connectivity index (χ0) is 15.8. The van der Waals surface area contributed by atoms with Crippen LogP contribution in [0.15, 0.2) is 18.2 Å². The summed E-state index contributed by atoms with van der Waals surface area (Å²) in [6, 6.07) is 5.29. The van der Waals surface area contributed by atoms with E-state index in [4.69, 9.17) is 15.2 Å². The molecular weight excluding hydrogens is 268 g/mol. The number of carbonyl (C=O) groups is 1. The highest BCUT2D eigenvalue weighted by atomic mass is 16.5. The van der Waals surface area contributed by atoms with E-state index in [9.17, 15) is 4.79 Å². The van der Waals surface area contributed by atoms with Crippen LogP contribution in [-0.2, 0) is 11.2 Å². The fourth-order valence-corrected chi connectivity index (χ4v) is 2.00. The second kappa shape index (κ2) is 8.52. The summed E-state index contributed by atoms with van der Waals surface area (Å²) in [4.78, 5) is 11.9. The molecular formula is C16H26N2O3. The predicted octanol–water partition coefficient (Wildman–Crippen LogP) is 1.74. The van der Waals surface area contributed by atoms with Gasteiger partial charge in [0.1, 0.15) is 0 Å². The van der Waals surface area contributed by atoms with E-state index in [0.29, 0.717) is 18.0 Å². The van der Waals surface area contributed by atoms with Crippen LogP contribution >= 0.6 is 0 Å². The van der Waals surface area contributed by atoms with E-state index in [-0.39, 0.29) is 11.8 Å². The average Bonchev–Trinajstić information content (AvgIpc) is 2.52. The van der Waals surface area contributed by atoms with Crippen LogP contribution < -0.4 is 20.5 Å². The molecule has 1 unspecified atom stereocenters. The Hall–Kier alpha value is -1.75. The lowest BCUT2D eigenvalue weighted by Gasteiger charge is -2.17. The standard InChI is InChI=1S/C16H26N2O3/c1-5-11(2)15(17)16(19)18-9-8-12-6-7-13(20-3)14(10-12)21-4/h6-7,10-11,15H,5,8-9,17H2,1-4H3,(H,18,19)/t11?,15-/m0/s1. The smallest absolute Gasteiger partial charge is 0.237 e. The molecule has 5 heteroatoms. The maximum atomic E-state index is 11.9. The molecule has 0 spiro atoms. The van der Waals surface area contributed by atoms with Crippen molar-refractivity contribution in [2.75, 3.05) is 20.8 Å². The second-order valence-electron chi connectivity index (χ2n) is 5.14. The maximum absolute atomic E-state index is 11.9. The first kappa shape index (κ1) is 17.3. The third kappa shape index (κ3) is 4.93. The molecule has 1 aromatic carbocycles. The number of benzene rings is 1. The molecule has 5 nitrogen and oxygen atoms in total. The minimum absolute atomic E-state index is 0.0928. The summed E-state index contributed by atoms with van der Waals surface area (Å²) in [5.41, 5.74) is 6.96. The molecule has 0 saturated carbocycles. The summed E-state index contributed by atoms with van der Waals surface area (Å²) in [6.45, 7) is 4.57. The lowest BCUT2D eigenvalue weighted by Crippen LogP contribution is -2.45. The van der Waals surface area contributed by atoms with Crippen molar-refractivity contribution in [1.29, 1.82) is 0 Å². The number of carbonyl (C=O) groups excluding carboxylic acids is 1. The van der Waals surface area contributed by atoms with E-state index < -0.39 is 6.04 Å². The van der Waals surface area contributed by atoms with Crippen LogP contribution in [0.4, 0.5) is 0 Å². The molecule has 0 aliphatic carbocycles. The summed E-state index contributed by atoms with van der Waals surface area (Å²) in [6.07, 6.45) is 1.61. The molecule has 0 bridgehead atoms. The van der Waals surface area contributed by atoms with Gasteiger partial charge in [-0.15, -0.1) is 0 Å². The highest BCUT2D eigenvalue weighted by Crippen LogP contribution is 2.27. The lowest BCUT2D eigenvalue weighted by atomic mass is 9.99. The van der Waals surface area contributed by atoms with Crippen LogP contribution in [0.5, 0.6) is 11.5 Å². The van der Waals surface area contributed by atoms with Gasteiger partial charge in [0, 0.05) is 6.54 Å². The van der Waals surface area contributed by atoms with Gasteiger partial charge in [0.25, 0.3) is 0 Å². The van der Waals surface area contributed by atoms with Crippen LogP contribution in [0.3, 0.4) is 0 Å². The van der Waals surface area contributed by atoms with Crippen molar-refractivity contribution in [1.82, 2.24) is 5.32 Å². The third-order valence-corrected chi connectivity index (χ3v) is 3.72. The van der Waals surface area contributed by atoms with E-state index in [0.717, 1.165) is 18.4 Å². The van der Waals surface area contributed by atoms with Gasteiger partial charge in [-0.25, -0.2) is 0 Å². The molecule has 0 heterocycles. The fraction of sp³-hybridized carbons (Fsp3) is 0.562. The summed E-state index contributed by atoms with van der Waals surface area (Å²) in [5, 5.41) is 2.88. The third-order valence-electron chi connectivity index (χ3n) is 3.72. The maximum Gasteiger partial charge on any atom is 0.237 e. The summed E-state index contributed by atoms with van der Waals surface area (Å²) in [5.74, 6) is 1.48. The minimum Gasteiger partial charge on any atom is -0.493 e. The molecule has 0 aliphatic heterocycles. The Kier molecular flexibility index (Phi) is 7.02. The SMILES string of the molecule is CCC(C)[C@H](N)C(=O)NCCc1ccc(OC)c(OC)c1. The molecule has 0 fully saturated rings. The number of amides is 1. The summed E-state index contributed by atoms with van der Waals surface area (Å²) in [7, 11) is 3.21. The van der Waals surface area contributed by atoms with Crippen molar-refractivity contribution in [2.45, 2.75) is 32.7 Å². The van der Waals surface area contributed by atoms with E-state index in [1.807, 2.05) is 32.0 Å². The zero-order valence-corrected chi connectivity index (χ0v) is 13.3. The Bertz CT molecular complexity index is 463. The number of hydrogen-bond donors (Lipinski definition) is 2. The Morgan fingerprint density at radius 3 is 2.52 bits per heavy atom. The van der Waals surface area contributed by atoms with E-state index in [2.05, 4.69) is 5.32 Å². The topological polar surface area (TPSA) is 73.6 Å². The second-order valence-corrected chi connectivity index (χ2v) is 5.14. The van der Waals surface area contributed by atoms with Crippen LogP contribution in [0.25, 0.3) is 0 Å². The molecule has 1 amide bonds. The van der Waals surface area contributed by atoms with Gasteiger partial charge in [0.05, 0.1) is 20.3 Å². The predicted molar refractivity (Wildman–Crippen MR) is 83.7 cm³/mol. The molecule has 21 heavy (non-hydrogen) atoms. The molecule has 0 aliphatic rings. The van der Waals surface area contributed by atoms with Gasteiger partial charge < -0.3 is 20.5 Å². The van der Waals surface area contributed by atoms with Crippen LogP contribution in [0.1, 0.15) is 25.8 Å². The van der Waals surface area contributed by atoms with Crippen molar-refractivity contribution in [3.63, 3.8) is 0 Å². The zero-order valence-electron chi connectivity index (χ0n) is 13.3. The first-order valence-corrected chi connectivity index (χ1v) is 7.27. The van der Waals surface area contributed by atoms with Crippen molar-refractivity contribution >= 4 is 5.91 Å². The van der Waals surface area contributed by atoms with Crippen molar-refractivity contribution in [3.05, 3.63) is 23.8 Å². The number of nitrogens with two attached hydrogens (primary N) is 1. The number of ether oxygens (including phenoxy) is 2. The number of rotatable bonds is 8. The van der Waals surface area contributed by atoms with Gasteiger partial charge in [0.15, 0.2) is 11.5 Å². The summed E-state index contributed by atoms with van der Waals surface area (Å²) >= 11 is 0. The van der Waals surface area contributed by atoms with Gasteiger partial charge in [-0.2, -0.15) is 0 Å². The van der Waals surface area contributed by atoms with Crippen LogP contribution in [-0.4, -0.2) is 32.7 Å². The molecule has 0 radical (unpaired) electrons. The highest BCUT2D eigenvalue weighted by molar-refractivity contribution is 5.81. The molecule has 1 aromatic rings. The van der Waals surface area contributed by atoms with Crippen molar-refractivity contribution in [3.8, 4) is 11.5 Å². The lowest BCUT2D eigenvalue weighted by molar-refractivity contribution is -0.123. The Labute approximate surface area is 126 Å². The molecule has 2 atom stereocenters. The fourth-order valence-electron chi connectivity index (χ4n) is 2.00. The summed E-state index contributed by atoms with van der Waals surface area (Å²) < 4.78 is 10.4. The Morgan fingerprint density at radius 1 is 1.29 bits per heavy atom. The number of hydrogen-bond acceptors (Lipinski definition) is 4. The quantitative estimate of drug-likeness (QED) is 0.766. The number of methoxy groups -OCH3 is 2. The average molecular weight is 294 g/mol. The normalized spacial score (nSPS) is 13.4. The Morgan fingerprint density at radius 2 is 1.95 bits per heavy atom. The van der Waals surface area contributed by atoms with Crippen molar-refractivity contribution in [2.24, 2.45) is 11.7 Å². The van der Waals surface area contributed by atoms with Gasteiger partial charge in [-0.1, -0.05) is 26.3 Å². The van der Waals surface area contributed by atoms with E-state index in [1.54, 1.807) is 14.2 Å². The molecule has 0 aromatic heterocycles. The van der Waals surface area contributed by atoms with Gasteiger partial charge in [-0.3, -0.25) is 4.79 Å². The van der Waals surface area contributed by atoms with Gasteiger partial charge in [0.2, 0.25) is 5.91 Å². The molecule has 3 N–H and O–H groups in total. The molecule has 118 valence electrons. The van der Waals surface area contributed by atoms with E-state index >= 15 is 0 Å². The van der Waals surface area contributed by atoms with Gasteiger partial charge in [-0.05, 0) is 30.0 Å². The van der Waals surface area contributed by atoms with Crippen LogP contribution in [0.2, 0.25) is 0 Å². The monoisotopic (exact) mass is 294 g/mol. The first-order valence-electron chi connectivity index (χ1n) is 7.27. The number of nitrogens with one attached hydrogen (secondary N) is 1. The minimum atomic E-state index is -0.444. The Balaban J connectivity index is 2.51. The van der Waals surface area contributed by atoms with Crippen molar-refractivity contribution < 1.29 is 14.3 Å². The van der Waals surface area contributed by atoms with Crippen LogP contribution in [0, 0.1) is 5.92 Å². The van der Waals surface area contributed by atoms with Gasteiger partial charge >= 0.3 is 0 Å². The first-order chi connectivity index (χ1) is 10.0. The molecule has 1 rings (SSSR count). The van der Waals surface area contributed by atoms with E-state index in [1.165, 1.54) is 0 Å². The highest BCUT2D eigenvalue weighted by Gasteiger charge is 2.18.